The van der Waals surface area contributed by atoms with Crippen molar-refractivity contribution in [3.8, 4) is 0 Å². The average molecular weight is 106 g/mol. The van der Waals surface area contributed by atoms with Crippen molar-refractivity contribution < 1.29 is 1.43 Å². The summed E-state index contributed by atoms with van der Waals surface area (Å²) in [7, 11) is 0. The van der Waals surface area contributed by atoms with Gasteiger partial charge in [-0.05, 0) is 12.2 Å². The molecule has 1 heteroatoms. The van der Waals surface area contributed by atoms with Crippen LogP contribution < -0.4 is 0 Å². The van der Waals surface area contributed by atoms with Gasteiger partial charge in [0, 0.05) is 12.4 Å². The van der Waals surface area contributed by atoms with Crippen molar-refractivity contribution in [2.75, 3.05) is 0 Å². The summed E-state index contributed by atoms with van der Waals surface area (Å²) in [6.45, 7) is 0. The van der Waals surface area contributed by atoms with Crippen LogP contribution in [0.15, 0.2) is 41.6 Å². The molecular weight excluding hydrogens is 98.1 g/mol. The second-order valence-electron chi connectivity index (χ2n) is 1.41. The Morgan fingerprint density at radius 3 is 2.62 bits per heavy atom. The highest BCUT2D eigenvalue weighted by atomic mass is 14.6. The second-order valence-corrected chi connectivity index (χ2v) is 1.41. The van der Waals surface area contributed by atoms with Gasteiger partial charge in [-0.3, -0.25) is 4.99 Å². The van der Waals surface area contributed by atoms with Gasteiger partial charge in [-0.15, -0.1) is 0 Å². The second kappa shape index (κ2) is 2.97. The molecular formula is C7H8N+. The molecule has 1 rings (SSSR count). The SMILES string of the molecule is C1=CC=CN=CC=C1.[H+]. The summed E-state index contributed by atoms with van der Waals surface area (Å²) in [4.78, 5) is 3.89. The first-order chi connectivity index (χ1) is 4.00. The minimum Gasteiger partial charge on any atom is -0.265 e. The molecule has 1 nitrogen and oxygen atoms in total. The third-order valence-corrected chi connectivity index (χ3v) is 0.789. The molecule has 0 radical (unpaired) electrons. The number of hydrogen-bond donors (Lipinski definition) is 0. The van der Waals surface area contributed by atoms with Gasteiger partial charge in [-0.1, -0.05) is 18.2 Å². The van der Waals surface area contributed by atoms with Crippen molar-refractivity contribution in [1.29, 1.82) is 0 Å². The van der Waals surface area contributed by atoms with E-state index in [-0.39, 0.29) is 1.43 Å². The summed E-state index contributed by atoms with van der Waals surface area (Å²) in [6, 6.07) is 0. The molecule has 0 aromatic heterocycles. The van der Waals surface area contributed by atoms with Crippen molar-refractivity contribution in [1.82, 2.24) is 0 Å². The van der Waals surface area contributed by atoms with E-state index < -0.39 is 0 Å². The molecule has 0 fully saturated rings. The van der Waals surface area contributed by atoms with Crippen LogP contribution in [0, 0.1) is 0 Å². The quantitative estimate of drug-likeness (QED) is 0.446. The Labute approximate surface area is 50.2 Å². The van der Waals surface area contributed by atoms with Gasteiger partial charge in [0.15, 0.2) is 0 Å². The van der Waals surface area contributed by atoms with Crippen LogP contribution in [0.4, 0.5) is 0 Å². The van der Waals surface area contributed by atoms with Crippen molar-refractivity contribution in [2.45, 2.75) is 0 Å². The van der Waals surface area contributed by atoms with Crippen molar-refractivity contribution in [2.24, 2.45) is 4.99 Å². The first-order valence-electron chi connectivity index (χ1n) is 2.52. The molecule has 0 aromatic carbocycles. The number of aliphatic imine (C=N–C) groups is 1. The topological polar surface area (TPSA) is 12.4 Å². The molecule has 1 aliphatic rings. The summed E-state index contributed by atoms with van der Waals surface area (Å²) >= 11 is 0. The van der Waals surface area contributed by atoms with Crippen LogP contribution in [0.3, 0.4) is 0 Å². The van der Waals surface area contributed by atoms with E-state index in [0.29, 0.717) is 0 Å². The fourth-order valence-electron chi connectivity index (χ4n) is 0.441. The Morgan fingerprint density at radius 1 is 0.875 bits per heavy atom. The van der Waals surface area contributed by atoms with Crippen LogP contribution in [-0.2, 0) is 0 Å². The normalized spacial score (nSPS) is 16.0. The molecule has 0 amide bonds. The molecule has 0 bridgehead atoms. The summed E-state index contributed by atoms with van der Waals surface area (Å²) in [5.74, 6) is 0. The van der Waals surface area contributed by atoms with E-state index in [1.807, 2.05) is 30.4 Å². The number of rotatable bonds is 0. The van der Waals surface area contributed by atoms with E-state index in [2.05, 4.69) is 4.99 Å². The average Bonchev–Trinajstić information content (AvgIpc) is 1.62. The standard InChI is InChI=1S/C7H7N/c1-2-4-6-8-7-5-3-1/h1-7H/p+1. The number of hydrogen-bond acceptors (Lipinski definition) is 1. The van der Waals surface area contributed by atoms with E-state index in [0.717, 1.165) is 0 Å². The Hall–Kier alpha value is -1.11. The summed E-state index contributed by atoms with van der Waals surface area (Å²) in [5, 5.41) is 0. The lowest BCUT2D eigenvalue weighted by molar-refractivity contribution is 1.58. The maximum Gasteiger partial charge on any atom is 1.00 e. The van der Waals surface area contributed by atoms with Crippen LogP contribution in [0.5, 0.6) is 0 Å². The van der Waals surface area contributed by atoms with Crippen LogP contribution in [-0.4, -0.2) is 6.21 Å². The van der Waals surface area contributed by atoms with E-state index in [1.165, 1.54) is 0 Å². The first kappa shape index (κ1) is 5.04. The first-order valence-corrected chi connectivity index (χ1v) is 2.52. The molecule has 0 saturated heterocycles. The van der Waals surface area contributed by atoms with Crippen LogP contribution in [0.1, 0.15) is 1.43 Å². The van der Waals surface area contributed by atoms with Crippen molar-refractivity contribution in [3.05, 3.63) is 36.6 Å². The zero-order valence-corrected chi connectivity index (χ0v) is 4.49. The molecule has 0 atom stereocenters. The van der Waals surface area contributed by atoms with Crippen molar-refractivity contribution in [3.63, 3.8) is 0 Å². The predicted octanol–water partition coefficient (Wildman–Crippen LogP) is 1.81. The smallest absolute Gasteiger partial charge is 0.265 e. The Balaban J connectivity index is 0.000000640. The van der Waals surface area contributed by atoms with Gasteiger partial charge in [0.1, 0.15) is 0 Å². The molecule has 0 aliphatic carbocycles. The van der Waals surface area contributed by atoms with Gasteiger partial charge in [-0.25, -0.2) is 0 Å². The Kier molecular flexibility index (Phi) is 1.87. The monoisotopic (exact) mass is 106 g/mol. The molecule has 0 saturated carbocycles. The van der Waals surface area contributed by atoms with Crippen LogP contribution >= 0.6 is 0 Å². The van der Waals surface area contributed by atoms with Gasteiger partial charge in [0.25, 0.3) is 0 Å². The van der Waals surface area contributed by atoms with E-state index in [4.69, 9.17) is 0 Å². The van der Waals surface area contributed by atoms with Gasteiger partial charge >= 0.3 is 1.43 Å². The van der Waals surface area contributed by atoms with Crippen LogP contribution in [0.25, 0.3) is 0 Å². The lowest BCUT2D eigenvalue weighted by atomic mass is 10.4. The maximum absolute atomic E-state index is 3.89. The fourth-order valence-corrected chi connectivity index (χ4v) is 0.441. The summed E-state index contributed by atoms with van der Waals surface area (Å²) in [6.07, 6.45) is 13.1. The lowest BCUT2D eigenvalue weighted by Gasteiger charge is -1.77. The molecule has 0 spiro atoms. The minimum absolute atomic E-state index is 0. The van der Waals surface area contributed by atoms with E-state index in [9.17, 15) is 0 Å². The minimum atomic E-state index is 0. The largest absolute Gasteiger partial charge is 1.00 e. The maximum atomic E-state index is 3.89. The lowest BCUT2D eigenvalue weighted by Crippen LogP contribution is -1.63. The predicted molar refractivity (Wildman–Crippen MR) is 37.0 cm³/mol. The Morgan fingerprint density at radius 2 is 1.62 bits per heavy atom. The van der Waals surface area contributed by atoms with Gasteiger partial charge in [0.2, 0.25) is 0 Å². The number of nitrogens with zero attached hydrogens (tertiary/aromatic N) is 1. The van der Waals surface area contributed by atoms with Gasteiger partial charge < -0.3 is 0 Å². The molecule has 1 aliphatic heterocycles. The number of allylic oxidation sites excluding steroid dienone is 5. The zero-order valence-electron chi connectivity index (χ0n) is 5.49. The third-order valence-electron chi connectivity index (χ3n) is 0.789. The third kappa shape index (κ3) is 1.56. The molecule has 1 heterocycles. The van der Waals surface area contributed by atoms with Crippen molar-refractivity contribution >= 4 is 6.21 Å². The van der Waals surface area contributed by atoms with Gasteiger partial charge in [-0.2, -0.15) is 0 Å². The fraction of sp³-hybridized carbons (Fsp3) is 0. The Bertz CT molecular complexity index is 110. The highest BCUT2D eigenvalue weighted by Crippen LogP contribution is 1.83. The molecule has 8 heavy (non-hydrogen) atoms. The summed E-state index contributed by atoms with van der Waals surface area (Å²) < 4.78 is 0. The molecule has 40 valence electrons. The van der Waals surface area contributed by atoms with Crippen LogP contribution in [0.2, 0.25) is 0 Å². The van der Waals surface area contributed by atoms with Gasteiger partial charge in [0.05, 0.1) is 0 Å². The van der Waals surface area contributed by atoms with E-state index in [1.54, 1.807) is 12.4 Å². The molecule has 0 unspecified atom stereocenters. The molecule has 0 aromatic rings. The highest BCUT2D eigenvalue weighted by Gasteiger charge is 1.65. The molecule has 0 N–H and O–H groups in total. The van der Waals surface area contributed by atoms with E-state index >= 15 is 0 Å². The highest BCUT2D eigenvalue weighted by molar-refractivity contribution is 5.72. The zero-order chi connectivity index (χ0) is 5.66. The summed E-state index contributed by atoms with van der Waals surface area (Å²) in [5.41, 5.74) is 0.